The summed E-state index contributed by atoms with van der Waals surface area (Å²) >= 11 is 1.35. The molecule has 0 amide bonds. The third kappa shape index (κ3) is 3.41. The first-order valence-corrected chi connectivity index (χ1v) is 8.89. The minimum absolute atomic E-state index is 0.192. The monoisotopic (exact) mass is 378 g/mol. The Labute approximate surface area is 159 Å². The van der Waals surface area contributed by atoms with Crippen LogP contribution >= 0.6 is 11.3 Å². The van der Waals surface area contributed by atoms with E-state index in [2.05, 4.69) is 21.6 Å². The minimum Gasteiger partial charge on any atom is -0.495 e. The summed E-state index contributed by atoms with van der Waals surface area (Å²) in [5, 5.41) is 16.1. The Balaban J connectivity index is 1.58. The number of anilines is 1. The highest BCUT2D eigenvalue weighted by molar-refractivity contribution is 7.12. The van der Waals surface area contributed by atoms with Gasteiger partial charge >= 0.3 is 0 Å². The Morgan fingerprint density at radius 3 is 2.96 bits per heavy atom. The van der Waals surface area contributed by atoms with E-state index in [0.717, 1.165) is 17.0 Å². The number of ether oxygens (including phenoxy) is 3. The minimum atomic E-state index is 0.192. The van der Waals surface area contributed by atoms with Gasteiger partial charge in [0.2, 0.25) is 6.79 Å². The number of benzene rings is 2. The van der Waals surface area contributed by atoms with E-state index in [1.807, 2.05) is 47.8 Å². The van der Waals surface area contributed by atoms with Gasteiger partial charge in [0, 0.05) is 10.9 Å². The molecule has 0 aliphatic carbocycles. The molecule has 0 unspecified atom stereocenters. The van der Waals surface area contributed by atoms with Gasteiger partial charge in [0.1, 0.15) is 11.8 Å². The summed E-state index contributed by atoms with van der Waals surface area (Å²) in [4.78, 5) is 4.53. The van der Waals surface area contributed by atoms with Gasteiger partial charge in [0.05, 0.1) is 18.5 Å². The van der Waals surface area contributed by atoms with Crippen LogP contribution in [0.4, 0.5) is 5.69 Å². The quantitative estimate of drug-likeness (QED) is 0.535. The number of aromatic nitrogens is 1. The van der Waals surface area contributed by atoms with Gasteiger partial charge in [0.15, 0.2) is 22.2 Å². The standard InChI is InChI=1S/C19H14N4O3S/c1-24-16-5-3-2-4-13(16)22-23-14(9-20)19-21-15(10-27-19)12-6-7-17-18(8-12)26-11-25-17/h2-8,10,22H,11H2,1H3/b23-14+. The molecule has 0 radical (unpaired) electrons. The van der Waals surface area contributed by atoms with E-state index in [4.69, 9.17) is 14.2 Å². The molecule has 27 heavy (non-hydrogen) atoms. The second-order valence-electron chi connectivity index (χ2n) is 5.49. The third-order valence-electron chi connectivity index (χ3n) is 3.88. The number of hydrazone groups is 1. The molecule has 0 saturated heterocycles. The van der Waals surface area contributed by atoms with Crippen molar-refractivity contribution in [3.8, 4) is 34.6 Å². The number of fused-ring (bicyclic) bond motifs is 1. The number of para-hydroxylation sites is 2. The van der Waals surface area contributed by atoms with Crippen molar-refractivity contribution < 1.29 is 14.2 Å². The van der Waals surface area contributed by atoms with E-state index in [1.54, 1.807) is 7.11 Å². The number of nitriles is 1. The van der Waals surface area contributed by atoms with Gasteiger partial charge in [0.25, 0.3) is 0 Å². The Morgan fingerprint density at radius 1 is 1.26 bits per heavy atom. The van der Waals surface area contributed by atoms with E-state index in [-0.39, 0.29) is 12.5 Å². The molecule has 7 nitrogen and oxygen atoms in total. The molecular weight excluding hydrogens is 364 g/mol. The highest BCUT2D eigenvalue weighted by Crippen LogP contribution is 2.36. The lowest BCUT2D eigenvalue weighted by atomic mass is 10.1. The number of nitrogens with one attached hydrogen (secondary N) is 1. The SMILES string of the molecule is COc1ccccc1N/N=C(\C#N)c1nc(-c2ccc3c(c2)OCO3)cs1. The molecule has 3 aromatic rings. The van der Waals surface area contributed by atoms with Crippen LogP contribution in [0.1, 0.15) is 5.01 Å². The summed E-state index contributed by atoms with van der Waals surface area (Å²) in [5.74, 6) is 2.04. The number of hydrogen-bond donors (Lipinski definition) is 1. The van der Waals surface area contributed by atoms with Crippen LogP contribution in [0.3, 0.4) is 0 Å². The maximum atomic E-state index is 9.47. The summed E-state index contributed by atoms with van der Waals surface area (Å²) in [5.41, 5.74) is 5.36. The van der Waals surface area contributed by atoms with Crippen LogP contribution in [0.2, 0.25) is 0 Å². The van der Waals surface area contributed by atoms with E-state index < -0.39 is 0 Å². The lowest BCUT2D eigenvalue weighted by Gasteiger charge is -2.06. The summed E-state index contributed by atoms with van der Waals surface area (Å²) in [6.45, 7) is 0.223. The Hall–Kier alpha value is -3.57. The summed E-state index contributed by atoms with van der Waals surface area (Å²) in [6.07, 6.45) is 0. The maximum Gasteiger partial charge on any atom is 0.231 e. The van der Waals surface area contributed by atoms with E-state index >= 15 is 0 Å². The first-order valence-electron chi connectivity index (χ1n) is 8.01. The number of thiazole rings is 1. The largest absolute Gasteiger partial charge is 0.495 e. The summed E-state index contributed by atoms with van der Waals surface area (Å²) in [6, 6.07) is 15.0. The highest BCUT2D eigenvalue weighted by Gasteiger charge is 2.16. The molecule has 0 atom stereocenters. The molecule has 1 aromatic heterocycles. The van der Waals surface area contributed by atoms with E-state index in [1.165, 1.54) is 11.3 Å². The maximum absolute atomic E-state index is 9.47. The van der Waals surface area contributed by atoms with E-state index in [0.29, 0.717) is 22.2 Å². The fourth-order valence-corrected chi connectivity index (χ4v) is 3.31. The Kier molecular flexibility index (Phi) is 4.60. The third-order valence-corrected chi connectivity index (χ3v) is 4.73. The number of hydrogen-bond acceptors (Lipinski definition) is 8. The van der Waals surface area contributed by atoms with Crippen LogP contribution < -0.4 is 19.6 Å². The normalized spacial score (nSPS) is 12.5. The first kappa shape index (κ1) is 16.9. The van der Waals surface area contributed by atoms with Gasteiger partial charge in [-0.25, -0.2) is 4.98 Å². The van der Waals surface area contributed by atoms with Crippen LogP contribution in [0, 0.1) is 11.3 Å². The van der Waals surface area contributed by atoms with Gasteiger partial charge in [-0.1, -0.05) is 12.1 Å². The van der Waals surface area contributed by atoms with Gasteiger partial charge in [-0.2, -0.15) is 10.4 Å². The molecular formula is C19H14N4O3S. The van der Waals surface area contributed by atoms with Crippen molar-refractivity contribution in [2.75, 3.05) is 19.3 Å². The van der Waals surface area contributed by atoms with Gasteiger partial charge in [-0.3, -0.25) is 5.43 Å². The van der Waals surface area contributed by atoms with Crippen LogP contribution in [-0.2, 0) is 0 Å². The molecule has 2 heterocycles. The van der Waals surface area contributed by atoms with Crippen molar-refractivity contribution in [2.45, 2.75) is 0 Å². The predicted octanol–water partition coefficient (Wildman–Crippen LogP) is 3.89. The molecule has 4 rings (SSSR count). The molecule has 8 heteroatoms. The zero-order valence-corrected chi connectivity index (χ0v) is 15.1. The molecule has 0 bridgehead atoms. The van der Waals surface area contributed by atoms with Crippen molar-refractivity contribution >= 4 is 22.7 Å². The predicted molar refractivity (Wildman–Crippen MR) is 102 cm³/mol. The van der Waals surface area contributed by atoms with Crippen molar-refractivity contribution in [3.63, 3.8) is 0 Å². The van der Waals surface area contributed by atoms with Gasteiger partial charge in [-0.15, -0.1) is 11.3 Å². The molecule has 1 aliphatic rings. The number of methoxy groups -OCH3 is 1. The molecule has 134 valence electrons. The van der Waals surface area contributed by atoms with Crippen molar-refractivity contribution in [3.05, 3.63) is 52.9 Å². The van der Waals surface area contributed by atoms with Gasteiger partial charge < -0.3 is 14.2 Å². The van der Waals surface area contributed by atoms with Crippen LogP contribution in [0.15, 0.2) is 52.9 Å². The Morgan fingerprint density at radius 2 is 2.11 bits per heavy atom. The molecule has 1 N–H and O–H groups in total. The van der Waals surface area contributed by atoms with Crippen molar-refractivity contribution in [1.29, 1.82) is 5.26 Å². The Bertz CT molecular complexity index is 1060. The zero-order valence-electron chi connectivity index (χ0n) is 14.3. The van der Waals surface area contributed by atoms with Crippen LogP contribution in [0.5, 0.6) is 17.2 Å². The van der Waals surface area contributed by atoms with Crippen LogP contribution in [-0.4, -0.2) is 24.6 Å². The lowest BCUT2D eigenvalue weighted by molar-refractivity contribution is 0.174. The second-order valence-corrected chi connectivity index (χ2v) is 6.35. The topological polar surface area (TPSA) is 88.8 Å². The van der Waals surface area contributed by atoms with E-state index in [9.17, 15) is 5.26 Å². The summed E-state index contributed by atoms with van der Waals surface area (Å²) in [7, 11) is 1.58. The average molecular weight is 378 g/mol. The van der Waals surface area contributed by atoms with Gasteiger partial charge in [-0.05, 0) is 30.3 Å². The molecule has 0 fully saturated rings. The molecule has 0 saturated carbocycles. The summed E-state index contributed by atoms with van der Waals surface area (Å²) < 4.78 is 16.0. The first-order chi connectivity index (χ1) is 13.3. The number of nitrogens with zero attached hydrogens (tertiary/aromatic N) is 3. The molecule has 0 spiro atoms. The molecule has 2 aromatic carbocycles. The fraction of sp³-hybridized carbons (Fsp3) is 0.105. The lowest BCUT2D eigenvalue weighted by Crippen LogP contribution is -2.02. The zero-order chi connectivity index (χ0) is 18.6. The second kappa shape index (κ2) is 7.35. The van der Waals surface area contributed by atoms with Crippen molar-refractivity contribution in [2.24, 2.45) is 5.10 Å². The molecule has 1 aliphatic heterocycles. The fourth-order valence-electron chi connectivity index (χ4n) is 2.54. The average Bonchev–Trinajstić information content (AvgIpc) is 3.38. The highest BCUT2D eigenvalue weighted by atomic mass is 32.1. The number of rotatable bonds is 5. The smallest absolute Gasteiger partial charge is 0.231 e. The van der Waals surface area contributed by atoms with Crippen LogP contribution in [0.25, 0.3) is 11.3 Å². The van der Waals surface area contributed by atoms with Crippen molar-refractivity contribution in [1.82, 2.24) is 4.98 Å².